The van der Waals surface area contributed by atoms with Crippen molar-refractivity contribution < 1.29 is 0 Å². The number of hydrogen-bond donors (Lipinski definition) is 1. The fourth-order valence-electron chi connectivity index (χ4n) is 1.39. The van der Waals surface area contributed by atoms with Gasteiger partial charge in [-0.3, -0.25) is 0 Å². The summed E-state index contributed by atoms with van der Waals surface area (Å²) in [5.41, 5.74) is 2.85. The van der Waals surface area contributed by atoms with Crippen molar-refractivity contribution in [1.29, 1.82) is 0 Å². The van der Waals surface area contributed by atoms with Crippen LogP contribution in [-0.2, 0) is 6.42 Å². The fraction of sp³-hybridized carbons (Fsp3) is 0.571. The van der Waals surface area contributed by atoms with Gasteiger partial charge in [-0.2, -0.15) is 0 Å². The Bertz CT molecular complexity index is 255. The molecule has 0 aromatic heterocycles. The molecule has 0 aliphatic heterocycles. The smallest absolute Gasteiger partial charge is 0.0167 e. The van der Waals surface area contributed by atoms with Crippen molar-refractivity contribution >= 4 is 0 Å². The maximum atomic E-state index is 2.75. The predicted octanol–water partition coefficient (Wildman–Crippen LogP) is 3.42. The third kappa shape index (κ3) is 7.15. The average molecular weight is 207 g/mol. The Hall–Kier alpha value is -0.820. The van der Waals surface area contributed by atoms with Crippen LogP contribution in [0.25, 0.3) is 0 Å². The molecule has 0 fully saturated rings. The Labute approximate surface area is 94.9 Å². The zero-order chi connectivity index (χ0) is 11.7. The second-order valence-corrected chi connectivity index (χ2v) is 4.21. The molecule has 0 bridgehead atoms. The molecule has 0 unspecified atom stereocenters. The Morgan fingerprint density at radius 2 is 1.87 bits per heavy atom. The van der Waals surface area contributed by atoms with Crippen LogP contribution < -0.4 is 5.32 Å². The first kappa shape index (κ1) is 14.2. The van der Waals surface area contributed by atoms with Crippen molar-refractivity contribution in [2.24, 2.45) is 5.92 Å². The summed E-state index contributed by atoms with van der Waals surface area (Å²) in [5, 5.41) is 2.75. The summed E-state index contributed by atoms with van der Waals surface area (Å²) < 4.78 is 0. The SMILES string of the molecule is CC[C@H](C)Cc1cccc(C)c1.CNC. The second kappa shape index (κ2) is 8.49. The molecule has 1 atom stereocenters. The molecular weight excluding hydrogens is 182 g/mol. The number of aryl methyl sites for hydroxylation is 1. The predicted molar refractivity (Wildman–Crippen MR) is 69.3 cm³/mol. The number of hydrogen-bond acceptors (Lipinski definition) is 1. The van der Waals surface area contributed by atoms with Crippen molar-refractivity contribution in [2.75, 3.05) is 14.1 Å². The average Bonchev–Trinajstić information content (AvgIpc) is 2.19. The van der Waals surface area contributed by atoms with E-state index in [1.807, 2.05) is 14.1 Å². The Morgan fingerprint density at radius 1 is 1.27 bits per heavy atom. The molecule has 1 nitrogen and oxygen atoms in total. The molecule has 1 heteroatoms. The van der Waals surface area contributed by atoms with Crippen LogP contribution in [0.3, 0.4) is 0 Å². The van der Waals surface area contributed by atoms with E-state index in [2.05, 4.69) is 50.4 Å². The van der Waals surface area contributed by atoms with Crippen LogP contribution in [0.2, 0.25) is 0 Å². The Kier molecular flexibility index (Phi) is 8.02. The molecule has 0 heterocycles. The molecule has 0 aliphatic rings. The molecule has 0 saturated heterocycles. The van der Waals surface area contributed by atoms with Gasteiger partial charge in [0.15, 0.2) is 0 Å². The monoisotopic (exact) mass is 207 g/mol. The van der Waals surface area contributed by atoms with E-state index in [4.69, 9.17) is 0 Å². The molecule has 0 radical (unpaired) electrons. The van der Waals surface area contributed by atoms with Gasteiger partial charge in [-0.25, -0.2) is 0 Å². The van der Waals surface area contributed by atoms with E-state index in [0.29, 0.717) is 0 Å². The minimum Gasteiger partial charge on any atom is -0.323 e. The molecular formula is C14H25N. The first-order chi connectivity index (χ1) is 7.13. The lowest BCUT2D eigenvalue weighted by Crippen LogP contribution is -1.97. The summed E-state index contributed by atoms with van der Waals surface area (Å²) in [5.74, 6) is 0.812. The minimum absolute atomic E-state index is 0.812. The summed E-state index contributed by atoms with van der Waals surface area (Å²) in [6.07, 6.45) is 2.49. The van der Waals surface area contributed by atoms with Gasteiger partial charge in [0.2, 0.25) is 0 Å². The van der Waals surface area contributed by atoms with Crippen LogP contribution in [-0.4, -0.2) is 14.1 Å². The van der Waals surface area contributed by atoms with Crippen molar-refractivity contribution in [3.05, 3.63) is 35.4 Å². The van der Waals surface area contributed by atoms with Gasteiger partial charge in [-0.1, -0.05) is 50.1 Å². The molecule has 15 heavy (non-hydrogen) atoms. The molecule has 0 spiro atoms. The zero-order valence-corrected chi connectivity index (χ0v) is 10.8. The highest BCUT2D eigenvalue weighted by atomic mass is 14.7. The van der Waals surface area contributed by atoms with Crippen LogP contribution in [0.1, 0.15) is 31.4 Å². The van der Waals surface area contributed by atoms with Gasteiger partial charge in [0.25, 0.3) is 0 Å². The van der Waals surface area contributed by atoms with Crippen LogP contribution in [0.15, 0.2) is 24.3 Å². The van der Waals surface area contributed by atoms with Gasteiger partial charge in [0.05, 0.1) is 0 Å². The van der Waals surface area contributed by atoms with E-state index in [9.17, 15) is 0 Å². The van der Waals surface area contributed by atoms with Gasteiger partial charge in [-0.15, -0.1) is 0 Å². The molecule has 1 rings (SSSR count). The molecule has 0 amide bonds. The lowest BCUT2D eigenvalue weighted by atomic mass is 9.98. The van der Waals surface area contributed by atoms with Gasteiger partial charge in [-0.05, 0) is 38.9 Å². The van der Waals surface area contributed by atoms with Crippen molar-refractivity contribution in [3.8, 4) is 0 Å². The summed E-state index contributed by atoms with van der Waals surface area (Å²) in [7, 11) is 3.75. The molecule has 1 aromatic rings. The maximum Gasteiger partial charge on any atom is -0.0167 e. The van der Waals surface area contributed by atoms with E-state index in [-0.39, 0.29) is 0 Å². The standard InChI is InChI=1S/C12H18.C2H7N/c1-4-10(2)8-12-7-5-6-11(3)9-12;1-3-2/h5-7,9-10H,4,8H2,1-3H3;3H,1-2H3/t10-;/m0./s1. The highest BCUT2D eigenvalue weighted by Gasteiger charge is 1.99. The third-order valence-corrected chi connectivity index (χ3v) is 2.36. The molecule has 0 aliphatic carbocycles. The second-order valence-electron chi connectivity index (χ2n) is 4.21. The van der Waals surface area contributed by atoms with E-state index >= 15 is 0 Å². The number of benzene rings is 1. The van der Waals surface area contributed by atoms with Crippen LogP contribution in [0.5, 0.6) is 0 Å². The van der Waals surface area contributed by atoms with Crippen LogP contribution in [0.4, 0.5) is 0 Å². The normalized spacial score (nSPS) is 11.5. The lowest BCUT2D eigenvalue weighted by Gasteiger charge is -2.08. The van der Waals surface area contributed by atoms with E-state index < -0.39 is 0 Å². The topological polar surface area (TPSA) is 12.0 Å². The minimum atomic E-state index is 0.812. The van der Waals surface area contributed by atoms with Gasteiger partial charge < -0.3 is 5.32 Å². The number of rotatable bonds is 3. The third-order valence-electron chi connectivity index (χ3n) is 2.36. The highest BCUT2D eigenvalue weighted by Crippen LogP contribution is 2.12. The van der Waals surface area contributed by atoms with E-state index in [0.717, 1.165) is 5.92 Å². The lowest BCUT2D eigenvalue weighted by molar-refractivity contribution is 0.560. The Balaban J connectivity index is 0.000000583. The molecule has 1 aromatic carbocycles. The van der Waals surface area contributed by atoms with Crippen molar-refractivity contribution in [1.82, 2.24) is 5.32 Å². The summed E-state index contributed by atoms with van der Waals surface area (Å²) in [6, 6.07) is 8.80. The molecule has 86 valence electrons. The van der Waals surface area contributed by atoms with E-state index in [1.165, 1.54) is 24.0 Å². The molecule has 1 N–H and O–H groups in total. The van der Waals surface area contributed by atoms with E-state index in [1.54, 1.807) is 0 Å². The Morgan fingerprint density at radius 3 is 2.33 bits per heavy atom. The van der Waals surface area contributed by atoms with Gasteiger partial charge >= 0.3 is 0 Å². The van der Waals surface area contributed by atoms with Crippen LogP contribution in [0, 0.1) is 12.8 Å². The fourth-order valence-corrected chi connectivity index (χ4v) is 1.39. The summed E-state index contributed by atoms with van der Waals surface area (Å²) >= 11 is 0. The van der Waals surface area contributed by atoms with Gasteiger partial charge in [0.1, 0.15) is 0 Å². The first-order valence-electron chi connectivity index (χ1n) is 5.78. The largest absolute Gasteiger partial charge is 0.323 e. The quantitative estimate of drug-likeness (QED) is 0.801. The molecule has 0 saturated carbocycles. The maximum absolute atomic E-state index is 2.75. The van der Waals surface area contributed by atoms with Crippen molar-refractivity contribution in [3.63, 3.8) is 0 Å². The first-order valence-corrected chi connectivity index (χ1v) is 5.78. The van der Waals surface area contributed by atoms with Gasteiger partial charge in [0, 0.05) is 0 Å². The zero-order valence-electron chi connectivity index (χ0n) is 10.8. The summed E-state index contributed by atoms with van der Waals surface area (Å²) in [6.45, 7) is 6.71. The highest BCUT2D eigenvalue weighted by molar-refractivity contribution is 5.22. The van der Waals surface area contributed by atoms with Crippen molar-refractivity contribution in [2.45, 2.75) is 33.6 Å². The van der Waals surface area contributed by atoms with Crippen LogP contribution >= 0.6 is 0 Å². The summed E-state index contributed by atoms with van der Waals surface area (Å²) in [4.78, 5) is 0. The number of nitrogens with one attached hydrogen (secondary N) is 1.